The Morgan fingerprint density at radius 2 is 1.93 bits per heavy atom. The third kappa shape index (κ3) is 5.18. The van der Waals surface area contributed by atoms with Gasteiger partial charge in [0.15, 0.2) is 6.61 Å². The SMILES string of the molecule is Cc1ccc(C)c(NC(=O)COc2cc(C)nc(N3CCC(C)CC3)n2)c1. The molecule has 144 valence electrons. The third-order valence-corrected chi connectivity index (χ3v) is 4.90. The highest BCUT2D eigenvalue weighted by atomic mass is 16.5. The van der Waals surface area contributed by atoms with Gasteiger partial charge in [0.05, 0.1) is 0 Å². The fourth-order valence-corrected chi connectivity index (χ4v) is 3.14. The van der Waals surface area contributed by atoms with Crippen molar-refractivity contribution in [3.05, 3.63) is 41.1 Å². The molecule has 1 N–H and O–H groups in total. The zero-order valence-corrected chi connectivity index (χ0v) is 16.6. The van der Waals surface area contributed by atoms with E-state index < -0.39 is 0 Å². The van der Waals surface area contributed by atoms with Crippen LogP contribution in [0.25, 0.3) is 0 Å². The molecule has 1 aromatic carbocycles. The number of benzene rings is 1. The number of aryl methyl sites for hydroxylation is 3. The summed E-state index contributed by atoms with van der Waals surface area (Å²) in [4.78, 5) is 23.5. The minimum Gasteiger partial charge on any atom is -0.467 e. The molecule has 2 heterocycles. The van der Waals surface area contributed by atoms with Gasteiger partial charge in [-0.1, -0.05) is 19.1 Å². The van der Waals surface area contributed by atoms with Gasteiger partial charge in [0.2, 0.25) is 11.8 Å². The quantitative estimate of drug-likeness (QED) is 0.872. The topological polar surface area (TPSA) is 67.3 Å². The number of hydrogen-bond donors (Lipinski definition) is 1. The highest BCUT2D eigenvalue weighted by molar-refractivity contribution is 5.92. The molecular weight excluding hydrogens is 340 g/mol. The van der Waals surface area contributed by atoms with Crippen molar-refractivity contribution < 1.29 is 9.53 Å². The summed E-state index contributed by atoms with van der Waals surface area (Å²) in [5, 5.41) is 2.90. The number of ether oxygens (including phenoxy) is 1. The lowest BCUT2D eigenvalue weighted by molar-refractivity contribution is -0.118. The first-order chi connectivity index (χ1) is 12.9. The summed E-state index contributed by atoms with van der Waals surface area (Å²) < 4.78 is 5.65. The lowest BCUT2D eigenvalue weighted by atomic mass is 10.00. The molecule has 6 nitrogen and oxygen atoms in total. The number of anilines is 2. The van der Waals surface area contributed by atoms with E-state index in [0.717, 1.165) is 54.4 Å². The molecular formula is C21H28N4O2. The maximum absolute atomic E-state index is 12.3. The zero-order chi connectivity index (χ0) is 19.4. The normalized spacial score (nSPS) is 14.9. The van der Waals surface area contributed by atoms with Gasteiger partial charge in [-0.3, -0.25) is 4.79 Å². The Labute approximate surface area is 161 Å². The summed E-state index contributed by atoms with van der Waals surface area (Å²) in [7, 11) is 0. The first-order valence-corrected chi connectivity index (χ1v) is 9.51. The highest BCUT2D eigenvalue weighted by Crippen LogP contribution is 2.22. The molecule has 1 aromatic heterocycles. The lowest BCUT2D eigenvalue weighted by Gasteiger charge is -2.30. The molecule has 0 radical (unpaired) electrons. The van der Waals surface area contributed by atoms with Gasteiger partial charge in [0, 0.05) is 30.5 Å². The Kier molecular flexibility index (Phi) is 5.94. The summed E-state index contributed by atoms with van der Waals surface area (Å²) in [6.45, 7) is 9.99. The fraction of sp³-hybridized carbons (Fsp3) is 0.476. The number of nitrogens with one attached hydrogen (secondary N) is 1. The van der Waals surface area contributed by atoms with Crippen LogP contribution in [0.5, 0.6) is 5.88 Å². The molecule has 0 bridgehead atoms. The summed E-state index contributed by atoms with van der Waals surface area (Å²) in [6.07, 6.45) is 2.29. The van der Waals surface area contributed by atoms with Crippen LogP contribution in [-0.4, -0.2) is 35.6 Å². The predicted molar refractivity (Wildman–Crippen MR) is 107 cm³/mol. The van der Waals surface area contributed by atoms with Crippen molar-refractivity contribution in [3.63, 3.8) is 0 Å². The van der Waals surface area contributed by atoms with Crippen molar-refractivity contribution in [3.8, 4) is 5.88 Å². The van der Waals surface area contributed by atoms with Gasteiger partial charge in [0.1, 0.15) is 0 Å². The molecule has 1 aliphatic heterocycles. The van der Waals surface area contributed by atoms with Crippen LogP contribution >= 0.6 is 0 Å². The smallest absolute Gasteiger partial charge is 0.262 e. The Morgan fingerprint density at radius 1 is 1.19 bits per heavy atom. The third-order valence-electron chi connectivity index (χ3n) is 4.90. The maximum Gasteiger partial charge on any atom is 0.262 e. The van der Waals surface area contributed by atoms with Crippen LogP contribution in [0.1, 0.15) is 36.6 Å². The minimum absolute atomic E-state index is 0.0830. The van der Waals surface area contributed by atoms with Crippen LogP contribution < -0.4 is 15.0 Å². The second-order valence-corrected chi connectivity index (χ2v) is 7.47. The van der Waals surface area contributed by atoms with Crippen molar-refractivity contribution in [2.45, 2.75) is 40.5 Å². The van der Waals surface area contributed by atoms with Crippen molar-refractivity contribution in [1.29, 1.82) is 0 Å². The molecule has 1 amide bonds. The fourth-order valence-electron chi connectivity index (χ4n) is 3.14. The second kappa shape index (κ2) is 8.37. The van der Waals surface area contributed by atoms with Gasteiger partial charge in [-0.15, -0.1) is 0 Å². The van der Waals surface area contributed by atoms with Gasteiger partial charge >= 0.3 is 0 Å². The van der Waals surface area contributed by atoms with Gasteiger partial charge in [-0.2, -0.15) is 4.98 Å². The number of piperidine rings is 1. The van der Waals surface area contributed by atoms with Crippen LogP contribution in [0.4, 0.5) is 11.6 Å². The average Bonchev–Trinajstić information content (AvgIpc) is 2.63. The van der Waals surface area contributed by atoms with Gasteiger partial charge in [0.25, 0.3) is 5.91 Å². The van der Waals surface area contributed by atoms with E-state index in [9.17, 15) is 4.79 Å². The second-order valence-electron chi connectivity index (χ2n) is 7.47. The van der Waals surface area contributed by atoms with Gasteiger partial charge < -0.3 is 15.0 Å². The van der Waals surface area contributed by atoms with E-state index in [1.807, 2.05) is 39.0 Å². The first-order valence-electron chi connectivity index (χ1n) is 9.51. The van der Waals surface area contributed by atoms with Crippen molar-refractivity contribution in [2.24, 2.45) is 5.92 Å². The Balaban J connectivity index is 1.62. The Bertz CT molecular complexity index is 814. The van der Waals surface area contributed by atoms with E-state index in [1.165, 1.54) is 0 Å². The summed E-state index contributed by atoms with van der Waals surface area (Å²) >= 11 is 0. The molecule has 1 fully saturated rings. The number of carbonyl (C=O) groups is 1. The molecule has 1 aliphatic rings. The van der Waals surface area contributed by atoms with Crippen molar-refractivity contribution in [2.75, 3.05) is 29.9 Å². The first kappa shape index (κ1) is 19.1. The van der Waals surface area contributed by atoms with E-state index in [4.69, 9.17) is 4.74 Å². The number of carbonyl (C=O) groups excluding carboxylic acids is 1. The van der Waals surface area contributed by atoms with E-state index in [0.29, 0.717) is 11.8 Å². The van der Waals surface area contributed by atoms with E-state index in [1.54, 1.807) is 6.07 Å². The van der Waals surface area contributed by atoms with E-state index >= 15 is 0 Å². The Morgan fingerprint density at radius 3 is 2.67 bits per heavy atom. The van der Waals surface area contributed by atoms with E-state index in [-0.39, 0.29) is 12.5 Å². The molecule has 27 heavy (non-hydrogen) atoms. The zero-order valence-electron chi connectivity index (χ0n) is 16.6. The van der Waals surface area contributed by atoms with Crippen LogP contribution in [0.3, 0.4) is 0 Å². The Hall–Kier alpha value is -2.63. The molecule has 2 aromatic rings. The number of aromatic nitrogens is 2. The van der Waals surface area contributed by atoms with E-state index in [2.05, 4.69) is 27.1 Å². The highest BCUT2D eigenvalue weighted by Gasteiger charge is 2.19. The van der Waals surface area contributed by atoms with Gasteiger partial charge in [-0.05, 0) is 56.7 Å². The average molecular weight is 368 g/mol. The minimum atomic E-state index is -0.201. The molecule has 0 aliphatic carbocycles. The van der Waals surface area contributed by atoms with Crippen LogP contribution in [0.2, 0.25) is 0 Å². The number of rotatable bonds is 5. The molecule has 1 saturated heterocycles. The molecule has 3 rings (SSSR count). The summed E-state index contributed by atoms with van der Waals surface area (Å²) in [5.41, 5.74) is 3.77. The van der Waals surface area contributed by atoms with Gasteiger partial charge in [-0.25, -0.2) is 4.98 Å². The van der Waals surface area contributed by atoms with Crippen LogP contribution in [0, 0.1) is 26.7 Å². The van der Waals surface area contributed by atoms with Crippen LogP contribution in [-0.2, 0) is 4.79 Å². The number of hydrogen-bond acceptors (Lipinski definition) is 5. The standard InChI is InChI=1S/C21H28N4O2/c1-14-7-9-25(10-8-14)21-22-17(4)12-20(24-21)27-13-19(26)23-18-11-15(2)5-6-16(18)3/h5-6,11-12,14H,7-10,13H2,1-4H3,(H,23,26). The number of nitrogens with zero attached hydrogens (tertiary/aromatic N) is 3. The summed E-state index contributed by atoms with van der Waals surface area (Å²) in [5.74, 6) is 1.67. The van der Waals surface area contributed by atoms with Crippen molar-refractivity contribution in [1.82, 2.24) is 9.97 Å². The largest absolute Gasteiger partial charge is 0.467 e. The molecule has 0 saturated carbocycles. The maximum atomic E-state index is 12.3. The summed E-state index contributed by atoms with van der Waals surface area (Å²) in [6, 6.07) is 7.73. The van der Waals surface area contributed by atoms with Crippen molar-refractivity contribution >= 4 is 17.5 Å². The molecule has 0 atom stereocenters. The monoisotopic (exact) mass is 368 g/mol. The molecule has 0 spiro atoms. The lowest BCUT2D eigenvalue weighted by Crippen LogP contribution is -2.34. The van der Waals surface area contributed by atoms with Crippen LogP contribution in [0.15, 0.2) is 24.3 Å². The molecule has 0 unspecified atom stereocenters. The number of amides is 1. The molecule has 6 heteroatoms. The predicted octanol–water partition coefficient (Wildman–Crippen LogP) is 3.66.